The average Bonchev–Trinajstić information content (AvgIpc) is 2.26. The van der Waals surface area contributed by atoms with Gasteiger partial charge in [0.15, 0.2) is 0 Å². The van der Waals surface area contributed by atoms with Gasteiger partial charge < -0.3 is 5.32 Å². The van der Waals surface area contributed by atoms with Crippen LogP contribution in [0.4, 0.5) is 0 Å². The van der Waals surface area contributed by atoms with Crippen LogP contribution in [0.1, 0.15) is 29.7 Å². The molecular formula is C13H22N2O2S. The first kappa shape index (κ1) is 15.1. The van der Waals surface area contributed by atoms with Crippen LogP contribution in [0, 0.1) is 13.8 Å². The summed E-state index contributed by atoms with van der Waals surface area (Å²) in [6.07, 6.45) is 1.17. The molecule has 0 radical (unpaired) electrons. The molecule has 18 heavy (non-hydrogen) atoms. The summed E-state index contributed by atoms with van der Waals surface area (Å²) in [5.74, 6) is 0. The van der Waals surface area contributed by atoms with Crippen LogP contribution in [-0.2, 0) is 10.0 Å². The summed E-state index contributed by atoms with van der Waals surface area (Å²) in [5, 5.41) is 3.31. The van der Waals surface area contributed by atoms with Crippen LogP contribution in [0.3, 0.4) is 0 Å². The molecule has 5 heteroatoms. The quantitative estimate of drug-likeness (QED) is 0.770. The highest BCUT2D eigenvalue weighted by Gasteiger charge is 2.08. The van der Waals surface area contributed by atoms with Crippen molar-refractivity contribution in [3.05, 3.63) is 34.9 Å². The molecule has 2 N–H and O–H groups in total. The molecule has 0 saturated carbocycles. The summed E-state index contributed by atoms with van der Waals surface area (Å²) >= 11 is 0. The van der Waals surface area contributed by atoms with Crippen molar-refractivity contribution in [3.63, 3.8) is 0 Å². The van der Waals surface area contributed by atoms with Crippen molar-refractivity contribution in [1.82, 2.24) is 10.0 Å². The van der Waals surface area contributed by atoms with Crippen LogP contribution in [-0.4, -0.2) is 27.8 Å². The van der Waals surface area contributed by atoms with Gasteiger partial charge in [-0.2, -0.15) is 0 Å². The van der Waals surface area contributed by atoms with Crippen molar-refractivity contribution in [1.29, 1.82) is 0 Å². The zero-order chi connectivity index (χ0) is 13.8. The Morgan fingerprint density at radius 2 is 1.89 bits per heavy atom. The van der Waals surface area contributed by atoms with E-state index in [2.05, 4.69) is 49.0 Å². The predicted molar refractivity (Wildman–Crippen MR) is 75.2 cm³/mol. The monoisotopic (exact) mass is 270 g/mol. The fraction of sp³-hybridized carbons (Fsp3) is 0.538. The van der Waals surface area contributed by atoms with Gasteiger partial charge in [-0.15, -0.1) is 0 Å². The second-order valence-electron chi connectivity index (χ2n) is 4.70. The maximum atomic E-state index is 10.9. The molecule has 0 bridgehead atoms. The zero-order valence-electron chi connectivity index (χ0n) is 11.4. The minimum absolute atomic E-state index is 0.214. The van der Waals surface area contributed by atoms with Gasteiger partial charge in [-0.25, -0.2) is 13.1 Å². The summed E-state index contributed by atoms with van der Waals surface area (Å²) in [7, 11) is -3.09. The molecule has 102 valence electrons. The predicted octanol–water partition coefficient (Wildman–Crippen LogP) is 1.50. The minimum atomic E-state index is -3.09. The van der Waals surface area contributed by atoms with E-state index in [9.17, 15) is 8.42 Å². The molecule has 0 spiro atoms. The lowest BCUT2D eigenvalue weighted by atomic mass is 10.00. The molecule has 0 aliphatic rings. The molecule has 0 saturated heterocycles. The largest absolute Gasteiger partial charge is 0.309 e. The van der Waals surface area contributed by atoms with Crippen LogP contribution >= 0.6 is 0 Å². The fourth-order valence-corrected chi connectivity index (χ4v) is 2.33. The van der Waals surface area contributed by atoms with E-state index < -0.39 is 10.0 Å². The van der Waals surface area contributed by atoms with E-state index >= 15 is 0 Å². The van der Waals surface area contributed by atoms with Crippen LogP contribution in [0.15, 0.2) is 18.2 Å². The third kappa shape index (κ3) is 5.16. The highest BCUT2D eigenvalue weighted by Crippen LogP contribution is 2.18. The second kappa shape index (κ2) is 6.31. The van der Waals surface area contributed by atoms with Gasteiger partial charge in [-0.05, 0) is 31.9 Å². The molecule has 1 unspecified atom stereocenters. The van der Waals surface area contributed by atoms with E-state index in [1.165, 1.54) is 22.9 Å². The number of benzene rings is 1. The Balaban J connectivity index is 2.50. The topological polar surface area (TPSA) is 58.2 Å². The van der Waals surface area contributed by atoms with Crippen molar-refractivity contribution in [3.8, 4) is 0 Å². The van der Waals surface area contributed by atoms with E-state index in [1.54, 1.807) is 0 Å². The second-order valence-corrected chi connectivity index (χ2v) is 6.54. The van der Waals surface area contributed by atoms with Gasteiger partial charge in [0.2, 0.25) is 10.0 Å². The van der Waals surface area contributed by atoms with Crippen LogP contribution in [0.25, 0.3) is 0 Å². The average molecular weight is 270 g/mol. The van der Waals surface area contributed by atoms with Gasteiger partial charge in [0, 0.05) is 19.1 Å². The summed E-state index contributed by atoms with van der Waals surface area (Å²) in [4.78, 5) is 0. The lowest BCUT2D eigenvalue weighted by Crippen LogP contribution is -2.32. The Bertz CT molecular complexity index is 498. The van der Waals surface area contributed by atoms with Gasteiger partial charge in [0.05, 0.1) is 6.26 Å². The number of hydrogen-bond acceptors (Lipinski definition) is 3. The Morgan fingerprint density at radius 1 is 1.22 bits per heavy atom. The number of rotatable bonds is 6. The maximum Gasteiger partial charge on any atom is 0.208 e. The third-order valence-electron chi connectivity index (χ3n) is 2.84. The van der Waals surface area contributed by atoms with E-state index in [-0.39, 0.29) is 6.04 Å². The standard InChI is InChI=1S/C13H22N2O2S/c1-10-5-6-11(2)13(9-10)12(3)14-7-8-15-18(4,16)17/h5-6,9,12,14-15H,7-8H2,1-4H3. The van der Waals surface area contributed by atoms with E-state index in [0.29, 0.717) is 13.1 Å². The molecule has 0 fully saturated rings. The van der Waals surface area contributed by atoms with Crippen molar-refractivity contribution in [2.24, 2.45) is 0 Å². The zero-order valence-corrected chi connectivity index (χ0v) is 12.3. The highest BCUT2D eigenvalue weighted by atomic mass is 32.2. The van der Waals surface area contributed by atoms with E-state index in [1.807, 2.05) is 0 Å². The smallest absolute Gasteiger partial charge is 0.208 e. The Kier molecular flexibility index (Phi) is 5.31. The lowest BCUT2D eigenvalue weighted by molar-refractivity contribution is 0.555. The molecule has 0 amide bonds. The number of hydrogen-bond donors (Lipinski definition) is 2. The van der Waals surface area contributed by atoms with Gasteiger partial charge >= 0.3 is 0 Å². The highest BCUT2D eigenvalue weighted by molar-refractivity contribution is 7.88. The molecule has 0 heterocycles. The lowest BCUT2D eigenvalue weighted by Gasteiger charge is -2.17. The minimum Gasteiger partial charge on any atom is -0.309 e. The Morgan fingerprint density at radius 3 is 2.50 bits per heavy atom. The molecule has 1 atom stereocenters. The number of aryl methyl sites for hydroxylation is 2. The summed E-state index contributed by atoms with van der Waals surface area (Å²) in [5.41, 5.74) is 3.74. The summed E-state index contributed by atoms with van der Waals surface area (Å²) in [6.45, 7) is 7.26. The molecular weight excluding hydrogens is 248 g/mol. The molecule has 1 aromatic rings. The number of sulfonamides is 1. The summed E-state index contributed by atoms with van der Waals surface area (Å²) in [6, 6.07) is 6.58. The third-order valence-corrected chi connectivity index (χ3v) is 3.57. The first-order chi connectivity index (χ1) is 8.29. The fourth-order valence-electron chi connectivity index (χ4n) is 1.86. The van der Waals surface area contributed by atoms with Crippen molar-refractivity contribution < 1.29 is 8.42 Å². The van der Waals surface area contributed by atoms with Crippen LogP contribution in [0.5, 0.6) is 0 Å². The van der Waals surface area contributed by atoms with Crippen molar-refractivity contribution >= 4 is 10.0 Å². The first-order valence-electron chi connectivity index (χ1n) is 6.05. The first-order valence-corrected chi connectivity index (χ1v) is 7.94. The summed E-state index contributed by atoms with van der Waals surface area (Å²) < 4.78 is 24.3. The van der Waals surface area contributed by atoms with Crippen molar-refractivity contribution in [2.75, 3.05) is 19.3 Å². The van der Waals surface area contributed by atoms with E-state index in [4.69, 9.17) is 0 Å². The number of nitrogens with one attached hydrogen (secondary N) is 2. The van der Waals surface area contributed by atoms with Gasteiger partial charge in [0.25, 0.3) is 0 Å². The normalized spacial score (nSPS) is 13.6. The SMILES string of the molecule is Cc1ccc(C)c(C(C)NCCNS(C)(=O)=O)c1. The Hall–Kier alpha value is -0.910. The molecule has 1 aromatic carbocycles. The van der Waals surface area contributed by atoms with Crippen LogP contribution in [0.2, 0.25) is 0 Å². The molecule has 0 aliphatic carbocycles. The van der Waals surface area contributed by atoms with Gasteiger partial charge in [-0.3, -0.25) is 0 Å². The molecule has 4 nitrogen and oxygen atoms in total. The molecule has 1 rings (SSSR count). The van der Waals surface area contributed by atoms with Gasteiger partial charge in [-0.1, -0.05) is 23.8 Å². The van der Waals surface area contributed by atoms with Crippen LogP contribution < -0.4 is 10.0 Å². The Labute approximate surface area is 110 Å². The molecule has 0 aliphatic heterocycles. The molecule has 0 aromatic heterocycles. The maximum absolute atomic E-state index is 10.9. The van der Waals surface area contributed by atoms with Gasteiger partial charge in [0.1, 0.15) is 0 Å². The van der Waals surface area contributed by atoms with Crippen molar-refractivity contribution in [2.45, 2.75) is 26.8 Å². The van der Waals surface area contributed by atoms with E-state index in [0.717, 1.165) is 0 Å².